The van der Waals surface area contributed by atoms with Crippen LogP contribution in [0.2, 0.25) is 0 Å². The molecule has 1 fully saturated rings. The van der Waals surface area contributed by atoms with Crippen molar-refractivity contribution in [2.24, 2.45) is 11.0 Å². The monoisotopic (exact) mass is 260 g/mol. The Morgan fingerprint density at radius 1 is 1.58 bits per heavy atom. The molecule has 1 N–H and O–H groups in total. The van der Waals surface area contributed by atoms with Crippen molar-refractivity contribution in [2.45, 2.75) is 20.0 Å². The van der Waals surface area contributed by atoms with Crippen LogP contribution in [0.25, 0.3) is 10.4 Å². The smallest absolute Gasteiger partial charge is 0.227 e. The number of amides is 1. The number of anilines is 1. The zero-order chi connectivity index (χ0) is 13.8. The van der Waals surface area contributed by atoms with Gasteiger partial charge in [-0.25, -0.2) is 0 Å². The Labute approximate surface area is 111 Å². The van der Waals surface area contributed by atoms with Gasteiger partial charge in [0.2, 0.25) is 5.91 Å². The van der Waals surface area contributed by atoms with Crippen molar-refractivity contribution in [3.05, 3.63) is 39.8 Å². The highest BCUT2D eigenvalue weighted by molar-refractivity contribution is 5.97. The molecule has 0 spiro atoms. The van der Waals surface area contributed by atoms with Crippen LogP contribution in [0.4, 0.5) is 5.69 Å². The minimum atomic E-state index is -0.0954. The third-order valence-corrected chi connectivity index (χ3v) is 3.37. The maximum absolute atomic E-state index is 12.1. The zero-order valence-corrected chi connectivity index (χ0v) is 10.8. The molecule has 0 aromatic heterocycles. The normalized spacial score (nSPS) is 18.5. The SMILES string of the molecule is Cc1cccc(CO)c1N1CC(CN=[N+]=[N-])CC1=O. The average Bonchev–Trinajstić information content (AvgIpc) is 2.77. The summed E-state index contributed by atoms with van der Waals surface area (Å²) in [6.45, 7) is 2.69. The minimum absolute atomic E-state index is 0.0159. The lowest BCUT2D eigenvalue weighted by Crippen LogP contribution is -2.26. The fourth-order valence-corrected chi connectivity index (χ4v) is 2.51. The quantitative estimate of drug-likeness (QED) is 0.510. The molecule has 1 heterocycles. The molecule has 0 aliphatic carbocycles. The number of hydrogen-bond acceptors (Lipinski definition) is 3. The van der Waals surface area contributed by atoms with Crippen molar-refractivity contribution in [2.75, 3.05) is 18.0 Å². The largest absolute Gasteiger partial charge is 0.392 e. The number of nitrogens with zero attached hydrogens (tertiary/aromatic N) is 4. The minimum Gasteiger partial charge on any atom is -0.392 e. The van der Waals surface area contributed by atoms with Crippen molar-refractivity contribution < 1.29 is 9.90 Å². The van der Waals surface area contributed by atoms with E-state index in [0.29, 0.717) is 19.5 Å². The van der Waals surface area contributed by atoms with Crippen LogP contribution in [0.15, 0.2) is 23.3 Å². The first-order valence-electron chi connectivity index (χ1n) is 6.18. The fourth-order valence-electron chi connectivity index (χ4n) is 2.51. The number of aliphatic hydroxyl groups excluding tert-OH is 1. The summed E-state index contributed by atoms with van der Waals surface area (Å²) < 4.78 is 0. The van der Waals surface area contributed by atoms with Gasteiger partial charge in [-0.15, -0.1) is 0 Å². The van der Waals surface area contributed by atoms with Crippen molar-refractivity contribution in [1.82, 2.24) is 0 Å². The van der Waals surface area contributed by atoms with Crippen LogP contribution in [-0.2, 0) is 11.4 Å². The number of carbonyl (C=O) groups is 1. The van der Waals surface area contributed by atoms with E-state index in [9.17, 15) is 9.90 Å². The standard InChI is InChI=1S/C13H16N4O2/c1-9-3-2-4-11(8-18)13(9)17-7-10(5-12(17)19)6-15-16-14/h2-4,10,18H,5-8H2,1H3. The summed E-state index contributed by atoms with van der Waals surface area (Å²) in [6.07, 6.45) is 0.387. The van der Waals surface area contributed by atoms with E-state index in [1.165, 1.54) is 0 Å². The Balaban J connectivity index is 2.27. The molecular formula is C13H16N4O2. The number of carbonyl (C=O) groups excluding carboxylic acids is 1. The average molecular weight is 260 g/mol. The van der Waals surface area contributed by atoms with Crippen molar-refractivity contribution >= 4 is 11.6 Å². The summed E-state index contributed by atoms with van der Waals surface area (Å²) >= 11 is 0. The van der Waals surface area contributed by atoms with E-state index in [-0.39, 0.29) is 18.4 Å². The predicted molar refractivity (Wildman–Crippen MR) is 71.6 cm³/mol. The number of aliphatic hydroxyl groups is 1. The molecular weight excluding hydrogens is 244 g/mol. The number of aryl methyl sites for hydroxylation is 1. The molecule has 0 bridgehead atoms. The molecule has 100 valence electrons. The van der Waals surface area contributed by atoms with Crippen LogP contribution in [0.5, 0.6) is 0 Å². The molecule has 1 amide bonds. The first-order chi connectivity index (χ1) is 9.17. The molecule has 6 heteroatoms. The topological polar surface area (TPSA) is 89.3 Å². The number of hydrogen-bond donors (Lipinski definition) is 1. The molecule has 1 unspecified atom stereocenters. The summed E-state index contributed by atoms with van der Waals surface area (Å²) in [5, 5.41) is 12.9. The molecule has 2 rings (SSSR count). The third kappa shape index (κ3) is 2.70. The number of para-hydroxylation sites is 1. The van der Waals surface area contributed by atoms with Gasteiger partial charge in [-0.05, 0) is 23.9 Å². The highest BCUT2D eigenvalue weighted by Crippen LogP contribution is 2.31. The number of azide groups is 1. The zero-order valence-electron chi connectivity index (χ0n) is 10.8. The van der Waals surface area contributed by atoms with E-state index < -0.39 is 0 Å². The second-order valence-electron chi connectivity index (χ2n) is 4.73. The van der Waals surface area contributed by atoms with Crippen LogP contribution in [0.1, 0.15) is 17.5 Å². The van der Waals surface area contributed by atoms with Crippen LogP contribution in [-0.4, -0.2) is 24.1 Å². The molecule has 1 atom stereocenters. The van der Waals surface area contributed by atoms with E-state index in [1.807, 2.05) is 25.1 Å². The van der Waals surface area contributed by atoms with Crippen LogP contribution < -0.4 is 4.90 Å². The number of rotatable bonds is 4. The second-order valence-corrected chi connectivity index (χ2v) is 4.73. The summed E-state index contributed by atoms with van der Waals surface area (Å²) in [5.41, 5.74) is 10.8. The Morgan fingerprint density at radius 3 is 3.05 bits per heavy atom. The van der Waals surface area contributed by atoms with E-state index >= 15 is 0 Å². The first-order valence-corrected chi connectivity index (χ1v) is 6.18. The molecule has 0 saturated carbocycles. The Morgan fingerprint density at radius 2 is 2.37 bits per heavy atom. The van der Waals surface area contributed by atoms with E-state index in [2.05, 4.69) is 10.0 Å². The Hall–Kier alpha value is -2.04. The summed E-state index contributed by atoms with van der Waals surface area (Å²) in [6, 6.07) is 5.60. The van der Waals surface area contributed by atoms with Gasteiger partial charge in [0.25, 0.3) is 0 Å². The van der Waals surface area contributed by atoms with E-state index in [4.69, 9.17) is 5.53 Å². The van der Waals surface area contributed by atoms with Crippen molar-refractivity contribution in [3.8, 4) is 0 Å². The van der Waals surface area contributed by atoms with Gasteiger partial charge in [-0.2, -0.15) is 0 Å². The molecule has 6 nitrogen and oxygen atoms in total. The third-order valence-electron chi connectivity index (χ3n) is 3.37. The van der Waals surface area contributed by atoms with Gasteiger partial charge in [0.05, 0.1) is 12.3 Å². The summed E-state index contributed by atoms with van der Waals surface area (Å²) in [4.78, 5) is 16.5. The molecule has 1 aliphatic rings. The Bertz CT molecular complexity index is 537. The molecule has 0 radical (unpaired) electrons. The highest BCUT2D eigenvalue weighted by atomic mass is 16.3. The van der Waals surface area contributed by atoms with Crippen LogP contribution in [0.3, 0.4) is 0 Å². The van der Waals surface area contributed by atoms with Gasteiger partial charge in [-0.3, -0.25) is 4.79 Å². The van der Waals surface area contributed by atoms with E-state index in [0.717, 1.165) is 16.8 Å². The van der Waals surface area contributed by atoms with Gasteiger partial charge in [0.1, 0.15) is 0 Å². The molecule has 1 aromatic rings. The first kappa shape index (κ1) is 13.4. The maximum atomic E-state index is 12.1. The lowest BCUT2D eigenvalue weighted by atomic mass is 10.1. The van der Waals surface area contributed by atoms with Crippen LogP contribution >= 0.6 is 0 Å². The second kappa shape index (κ2) is 5.73. The maximum Gasteiger partial charge on any atom is 0.227 e. The van der Waals surface area contributed by atoms with Gasteiger partial charge < -0.3 is 10.0 Å². The predicted octanol–water partition coefficient (Wildman–Crippen LogP) is 2.15. The lowest BCUT2D eigenvalue weighted by Gasteiger charge is -2.22. The summed E-state index contributed by atoms with van der Waals surface area (Å²) in [5.74, 6) is 0.0664. The van der Waals surface area contributed by atoms with Gasteiger partial charge in [0, 0.05) is 30.0 Å². The van der Waals surface area contributed by atoms with Gasteiger partial charge in [0.15, 0.2) is 0 Å². The molecule has 1 saturated heterocycles. The van der Waals surface area contributed by atoms with E-state index in [1.54, 1.807) is 4.90 Å². The van der Waals surface area contributed by atoms with Crippen LogP contribution in [0, 0.1) is 12.8 Å². The molecule has 1 aromatic carbocycles. The Kier molecular flexibility index (Phi) is 4.04. The summed E-state index contributed by atoms with van der Waals surface area (Å²) in [7, 11) is 0. The lowest BCUT2D eigenvalue weighted by molar-refractivity contribution is -0.117. The van der Waals surface area contributed by atoms with Gasteiger partial charge in [-0.1, -0.05) is 23.3 Å². The molecule has 1 aliphatic heterocycles. The fraction of sp³-hybridized carbons (Fsp3) is 0.462. The number of benzene rings is 1. The van der Waals surface area contributed by atoms with Gasteiger partial charge >= 0.3 is 0 Å². The van der Waals surface area contributed by atoms with Crippen molar-refractivity contribution in [1.29, 1.82) is 0 Å². The molecule has 19 heavy (non-hydrogen) atoms. The van der Waals surface area contributed by atoms with Crippen molar-refractivity contribution in [3.63, 3.8) is 0 Å². The highest BCUT2D eigenvalue weighted by Gasteiger charge is 2.31.